The van der Waals surface area contributed by atoms with Gasteiger partial charge in [-0.15, -0.1) is 10.2 Å². The summed E-state index contributed by atoms with van der Waals surface area (Å²) in [5.41, 5.74) is 2.22. The largest absolute Gasteiger partial charge is 0.421 e. The summed E-state index contributed by atoms with van der Waals surface area (Å²) < 4.78 is 5.54. The van der Waals surface area contributed by atoms with Gasteiger partial charge in [-0.25, -0.2) is 0 Å². The minimum absolute atomic E-state index is 0.592. The Kier molecular flexibility index (Phi) is 5.26. The smallest absolute Gasteiger partial charge is 0.247 e. The van der Waals surface area contributed by atoms with Crippen LogP contribution in [-0.2, 0) is 13.0 Å². The highest BCUT2D eigenvalue weighted by molar-refractivity contribution is 5.52. The summed E-state index contributed by atoms with van der Waals surface area (Å²) in [6, 6.07) is 8.23. The minimum Gasteiger partial charge on any atom is -0.421 e. The zero-order chi connectivity index (χ0) is 14.4. The summed E-state index contributed by atoms with van der Waals surface area (Å²) in [5, 5.41) is 11.4. The van der Waals surface area contributed by atoms with Gasteiger partial charge < -0.3 is 14.6 Å². The number of nitrogens with zero attached hydrogens (tertiary/aromatic N) is 3. The molecule has 5 nitrogen and oxygen atoms in total. The molecule has 2 rings (SSSR count). The van der Waals surface area contributed by atoms with Crippen LogP contribution in [0.15, 0.2) is 28.7 Å². The summed E-state index contributed by atoms with van der Waals surface area (Å²) in [5.74, 6) is 1.27. The number of rotatable bonds is 7. The van der Waals surface area contributed by atoms with Crippen molar-refractivity contribution in [3.8, 4) is 11.5 Å². The lowest BCUT2D eigenvalue weighted by molar-refractivity contribution is 0.400. The fourth-order valence-corrected chi connectivity index (χ4v) is 1.81. The third-order valence-electron chi connectivity index (χ3n) is 3.04. The highest BCUT2D eigenvalue weighted by Gasteiger charge is 2.06. The second kappa shape index (κ2) is 7.17. The molecule has 2 aromatic rings. The van der Waals surface area contributed by atoms with E-state index in [1.165, 1.54) is 5.56 Å². The molecule has 0 aliphatic carbocycles. The number of nitrogens with one attached hydrogen (secondary N) is 1. The van der Waals surface area contributed by atoms with Crippen LogP contribution in [-0.4, -0.2) is 42.3 Å². The van der Waals surface area contributed by atoms with Crippen molar-refractivity contribution in [3.05, 3.63) is 35.7 Å². The van der Waals surface area contributed by atoms with Gasteiger partial charge in [-0.3, -0.25) is 0 Å². The number of benzene rings is 1. The molecule has 1 aromatic carbocycles. The van der Waals surface area contributed by atoms with Crippen LogP contribution in [0.25, 0.3) is 11.5 Å². The molecule has 0 saturated heterocycles. The van der Waals surface area contributed by atoms with Gasteiger partial charge in [-0.1, -0.05) is 19.1 Å². The summed E-state index contributed by atoms with van der Waals surface area (Å²) in [4.78, 5) is 2.16. The van der Waals surface area contributed by atoms with Crippen LogP contribution in [0.3, 0.4) is 0 Å². The Morgan fingerprint density at radius 1 is 1.15 bits per heavy atom. The van der Waals surface area contributed by atoms with Crippen molar-refractivity contribution in [2.75, 3.05) is 27.2 Å². The average molecular weight is 274 g/mol. The summed E-state index contributed by atoms with van der Waals surface area (Å²) >= 11 is 0. The molecule has 0 amide bonds. The lowest BCUT2D eigenvalue weighted by atomic mass is 10.1. The van der Waals surface area contributed by atoms with Crippen LogP contribution in [0.2, 0.25) is 0 Å². The van der Waals surface area contributed by atoms with E-state index in [1.54, 1.807) is 0 Å². The SMILES string of the molecule is CCc1nnc(-c2ccc(CNCCN(C)C)cc2)o1. The quantitative estimate of drug-likeness (QED) is 0.782. The number of aromatic nitrogens is 2. The van der Waals surface area contributed by atoms with Gasteiger partial charge in [0.25, 0.3) is 0 Å². The van der Waals surface area contributed by atoms with Crippen molar-refractivity contribution in [2.45, 2.75) is 19.9 Å². The molecule has 1 N–H and O–H groups in total. The fraction of sp³-hybridized carbons (Fsp3) is 0.467. The van der Waals surface area contributed by atoms with E-state index in [1.807, 2.05) is 19.1 Å². The highest BCUT2D eigenvalue weighted by Crippen LogP contribution is 2.18. The second-order valence-corrected chi connectivity index (χ2v) is 5.03. The molecule has 20 heavy (non-hydrogen) atoms. The van der Waals surface area contributed by atoms with Crippen molar-refractivity contribution >= 4 is 0 Å². The lowest BCUT2D eigenvalue weighted by Gasteiger charge is -2.10. The Hall–Kier alpha value is -1.72. The molecular weight excluding hydrogens is 252 g/mol. The first-order chi connectivity index (χ1) is 9.69. The van der Waals surface area contributed by atoms with Crippen molar-refractivity contribution in [3.63, 3.8) is 0 Å². The molecule has 0 atom stereocenters. The van der Waals surface area contributed by atoms with Crippen molar-refractivity contribution in [1.82, 2.24) is 20.4 Å². The fourth-order valence-electron chi connectivity index (χ4n) is 1.81. The van der Waals surface area contributed by atoms with Crippen LogP contribution < -0.4 is 5.32 Å². The molecule has 0 bridgehead atoms. The Labute approximate surface area is 120 Å². The summed E-state index contributed by atoms with van der Waals surface area (Å²) in [6.45, 7) is 4.90. The number of likely N-dealkylation sites (N-methyl/N-ethyl adjacent to an activating group) is 1. The Balaban J connectivity index is 1.89. The molecule has 1 heterocycles. The van der Waals surface area contributed by atoms with E-state index < -0.39 is 0 Å². The van der Waals surface area contributed by atoms with E-state index in [9.17, 15) is 0 Å². The first-order valence-corrected chi connectivity index (χ1v) is 6.96. The summed E-state index contributed by atoms with van der Waals surface area (Å²) in [7, 11) is 4.15. The number of hydrogen-bond donors (Lipinski definition) is 1. The van der Waals surface area contributed by atoms with Crippen LogP contribution in [0.1, 0.15) is 18.4 Å². The first-order valence-electron chi connectivity index (χ1n) is 6.96. The maximum Gasteiger partial charge on any atom is 0.247 e. The standard InChI is InChI=1S/C15H22N4O/c1-4-14-17-18-15(20-14)13-7-5-12(6-8-13)11-16-9-10-19(2)3/h5-8,16H,4,9-11H2,1-3H3. The van der Waals surface area contributed by atoms with E-state index in [2.05, 4.69) is 46.6 Å². The molecule has 0 aliphatic heterocycles. The van der Waals surface area contributed by atoms with Gasteiger partial charge in [0.1, 0.15) is 0 Å². The summed E-state index contributed by atoms with van der Waals surface area (Å²) in [6.07, 6.45) is 0.765. The maximum atomic E-state index is 5.54. The predicted octanol–water partition coefficient (Wildman–Crippen LogP) is 1.95. The zero-order valence-corrected chi connectivity index (χ0v) is 12.4. The van der Waals surface area contributed by atoms with Gasteiger partial charge in [0, 0.05) is 31.6 Å². The van der Waals surface area contributed by atoms with Crippen LogP contribution >= 0.6 is 0 Å². The van der Waals surface area contributed by atoms with Crippen molar-refractivity contribution in [2.24, 2.45) is 0 Å². The van der Waals surface area contributed by atoms with Crippen molar-refractivity contribution < 1.29 is 4.42 Å². The lowest BCUT2D eigenvalue weighted by Crippen LogP contribution is -2.26. The third kappa shape index (κ3) is 4.15. The molecular formula is C15H22N4O. The van der Waals surface area contributed by atoms with E-state index in [0.717, 1.165) is 31.6 Å². The van der Waals surface area contributed by atoms with Gasteiger partial charge in [0.2, 0.25) is 11.8 Å². The zero-order valence-electron chi connectivity index (χ0n) is 12.4. The van der Waals surface area contributed by atoms with Gasteiger partial charge in [0.15, 0.2) is 0 Å². The number of hydrogen-bond acceptors (Lipinski definition) is 5. The molecule has 108 valence electrons. The Morgan fingerprint density at radius 3 is 2.50 bits per heavy atom. The number of aryl methyl sites for hydroxylation is 1. The van der Waals surface area contributed by atoms with E-state index in [4.69, 9.17) is 4.42 Å². The van der Waals surface area contributed by atoms with E-state index in [0.29, 0.717) is 11.8 Å². The third-order valence-corrected chi connectivity index (χ3v) is 3.04. The molecule has 0 unspecified atom stereocenters. The average Bonchev–Trinajstić information content (AvgIpc) is 2.93. The Bertz CT molecular complexity index is 519. The topological polar surface area (TPSA) is 54.2 Å². The maximum absolute atomic E-state index is 5.54. The molecule has 1 aromatic heterocycles. The van der Waals surface area contributed by atoms with Gasteiger partial charge >= 0.3 is 0 Å². The normalized spacial score (nSPS) is 11.2. The molecule has 0 spiro atoms. The molecule has 0 radical (unpaired) electrons. The first kappa shape index (κ1) is 14.7. The molecule has 0 aliphatic rings. The molecule has 5 heteroatoms. The van der Waals surface area contributed by atoms with E-state index >= 15 is 0 Å². The Morgan fingerprint density at radius 2 is 1.90 bits per heavy atom. The predicted molar refractivity (Wildman–Crippen MR) is 79.4 cm³/mol. The van der Waals surface area contributed by atoms with Crippen molar-refractivity contribution in [1.29, 1.82) is 0 Å². The minimum atomic E-state index is 0.592. The highest BCUT2D eigenvalue weighted by atomic mass is 16.4. The monoisotopic (exact) mass is 274 g/mol. The van der Waals surface area contributed by atoms with E-state index in [-0.39, 0.29) is 0 Å². The molecule has 0 saturated carbocycles. The van der Waals surface area contributed by atoms with Crippen LogP contribution in [0.4, 0.5) is 0 Å². The molecule has 0 fully saturated rings. The van der Waals surface area contributed by atoms with Crippen LogP contribution in [0.5, 0.6) is 0 Å². The van der Waals surface area contributed by atoms with Gasteiger partial charge in [0.05, 0.1) is 0 Å². The van der Waals surface area contributed by atoms with Gasteiger partial charge in [-0.2, -0.15) is 0 Å². The van der Waals surface area contributed by atoms with Crippen LogP contribution in [0, 0.1) is 0 Å². The second-order valence-electron chi connectivity index (χ2n) is 5.03. The van der Waals surface area contributed by atoms with Gasteiger partial charge in [-0.05, 0) is 31.8 Å².